The number of likely N-dealkylation sites (N-methyl/N-ethyl adjacent to an activating group) is 1. The van der Waals surface area contributed by atoms with Crippen molar-refractivity contribution in [2.24, 2.45) is 0 Å². The number of amides is 5. The molecule has 0 saturated heterocycles. The van der Waals surface area contributed by atoms with Crippen LogP contribution in [0.25, 0.3) is 0 Å². The van der Waals surface area contributed by atoms with Gasteiger partial charge >= 0.3 is 6.09 Å². The van der Waals surface area contributed by atoms with E-state index < -0.39 is 29.4 Å². The highest BCUT2D eigenvalue weighted by Crippen LogP contribution is 2.05. The number of alkyl carbamates (subject to hydrolysis) is 1. The molecule has 0 aromatic rings. The van der Waals surface area contributed by atoms with E-state index in [-0.39, 0.29) is 32.1 Å². The van der Waals surface area contributed by atoms with Gasteiger partial charge in [-0.2, -0.15) is 0 Å². The number of carbonyl (C=O) groups is 5. The smallest absolute Gasteiger partial charge is 0.408 e. The van der Waals surface area contributed by atoms with Crippen molar-refractivity contribution in [3.05, 3.63) is 0 Å². The van der Waals surface area contributed by atoms with Gasteiger partial charge in [-0.3, -0.25) is 19.2 Å². The van der Waals surface area contributed by atoms with E-state index in [0.29, 0.717) is 6.54 Å². The lowest BCUT2D eigenvalue weighted by Gasteiger charge is -2.19. The largest absolute Gasteiger partial charge is 0.444 e. The molecule has 0 atom stereocenters. The molecule has 0 bridgehead atoms. The Labute approximate surface area is 152 Å². The summed E-state index contributed by atoms with van der Waals surface area (Å²) in [5, 5.41) is 11.6. The van der Waals surface area contributed by atoms with E-state index in [0.717, 1.165) is 0 Å². The van der Waals surface area contributed by atoms with Crippen LogP contribution < -0.4 is 26.6 Å². The molecule has 0 aliphatic rings. The van der Waals surface area contributed by atoms with Crippen LogP contribution in [0.4, 0.5) is 4.79 Å². The Morgan fingerprint density at radius 3 is 1.35 bits per heavy atom. The summed E-state index contributed by atoms with van der Waals surface area (Å²) in [6, 6.07) is 0. The van der Waals surface area contributed by atoms with Crippen LogP contribution >= 0.6 is 0 Å². The van der Waals surface area contributed by atoms with Crippen molar-refractivity contribution < 1.29 is 28.7 Å². The summed E-state index contributed by atoms with van der Waals surface area (Å²) in [6.07, 6.45) is -0.749. The lowest BCUT2D eigenvalue weighted by atomic mass is 10.2. The summed E-state index contributed by atoms with van der Waals surface area (Å²) in [5.74, 6) is -2.06. The maximum absolute atomic E-state index is 11.5. The van der Waals surface area contributed by atoms with Crippen LogP contribution in [0.3, 0.4) is 0 Å². The summed E-state index contributed by atoms with van der Waals surface area (Å²) in [6.45, 7) is 6.02. The van der Waals surface area contributed by atoms with Gasteiger partial charge in [0.2, 0.25) is 23.6 Å². The molecule has 148 valence electrons. The fraction of sp³-hybridized carbons (Fsp3) is 0.667. The highest BCUT2D eigenvalue weighted by atomic mass is 16.6. The third kappa shape index (κ3) is 13.6. The normalized spacial score (nSPS) is 10.3. The molecule has 0 spiro atoms. The molecule has 26 heavy (non-hydrogen) atoms. The lowest BCUT2D eigenvalue weighted by molar-refractivity contribution is -0.128. The summed E-state index contributed by atoms with van der Waals surface area (Å²) in [5.41, 5.74) is -0.682. The number of hydrogen-bond acceptors (Lipinski definition) is 6. The summed E-state index contributed by atoms with van der Waals surface area (Å²) in [4.78, 5) is 57.0. The van der Waals surface area contributed by atoms with Gasteiger partial charge in [-0.25, -0.2) is 4.79 Å². The van der Waals surface area contributed by atoms with Crippen LogP contribution in [-0.4, -0.2) is 68.0 Å². The van der Waals surface area contributed by atoms with Gasteiger partial charge in [-0.05, 0) is 27.7 Å². The monoisotopic (exact) mass is 373 g/mol. The van der Waals surface area contributed by atoms with Gasteiger partial charge in [-0.15, -0.1) is 0 Å². The predicted octanol–water partition coefficient (Wildman–Crippen LogP) is -2.00. The fourth-order valence-corrected chi connectivity index (χ4v) is 1.45. The first-order valence-electron chi connectivity index (χ1n) is 8.07. The zero-order valence-electron chi connectivity index (χ0n) is 15.5. The third-order valence-electron chi connectivity index (χ3n) is 2.50. The van der Waals surface area contributed by atoms with Gasteiger partial charge in [0.15, 0.2) is 0 Å². The summed E-state index contributed by atoms with van der Waals surface area (Å²) >= 11 is 0. The van der Waals surface area contributed by atoms with Gasteiger partial charge in [-0.1, -0.05) is 0 Å². The minimum atomic E-state index is -0.749. The Balaban J connectivity index is 3.87. The van der Waals surface area contributed by atoms with Crippen LogP contribution in [-0.2, 0) is 23.9 Å². The molecule has 0 aliphatic heterocycles. The Morgan fingerprint density at radius 2 is 1.00 bits per heavy atom. The quantitative estimate of drug-likeness (QED) is 0.315. The van der Waals surface area contributed by atoms with Crippen molar-refractivity contribution in [1.82, 2.24) is 26.6 Å². The first-order valence-corrected chi connectivity index (χ1v) is 8.07. The molecule has 0 aromatic carbocycles. The van der Waals surface area contributed by atoms with Gasteiger partial charge in [0.05, 0.1) is 19.6 Å². The van der Waals surface area contributed by atoms with Gasteiger partial charge in [0.1, 0.15) is 12.1 Å². The second kappa shape index (κ2) is 11.7. The Bertz CT molecular complexity index is 529. The lowest BCUT2D eigenvalue weighted by Crippen LogP contribution is -2.46. The van der Waals surface area contributed by atoms with E-state index >= 15 is 0 Å². The number of nitrogens with one attached hydrogen (secondary N) is 5. The molecule has 5 amide bonds. The number of hydrogen-bond donors (Lipinski definition) is 5. The van der Waals surface area contributed by atoms with Crippen molar-refractivity contribution >= 4 is 29.7 Å². The van der Waals surface area contributed by atoms with Crippen LogP contribution in [0.1, 0.15) is 27.7 Å². The average Bonchev–Trinajstić information content (AvgIpc) is 2.53. The highest BCUT2D eigenvalue weighted by molar-refractivity contribution is 5.90. The molecule has 0 radical (unpaired) electrons. The second-order valence-electron chi connectivity index (χ2n) is 6.14. The highest BCUT2D eigenvalue weighted by Gasteiger charge is 2.16. The molecule has 11 heteroatoms. The van der Waals surface area contributed by atoms with E-state index in [1.165, 1.54) is 0 Å². The SMILES string of the molecule is CCNC(=O)CNC(=O)CNC(=O)CNC(=O)CNC(=O)OC(C)(C)C. The van der Waals surface area contributed by atoms with Crippen molar-refractivity contribution in [2.75, 3.05) is 32.7 Å². The van der Waals surface area contributed by atoms with E-state index in [1.54, 1.807) is 27.7 Å². The third-order valence-corrected chi connectivity index (χ3v) is 2.50. The minimum Gasteiger partial charge on any atom is -0.444 e. The molecule has 0 aromatic heterocycles. The Kier molecular flexibility index (Phi) is 10.4. The first kappa shape index (κ1) is 23.1. The molecule has 0 saturated carbocycles. The van der Waals surface area contributed by atoms with E-state index in [9.17, 15) is 24.0 Å². The van der Waals surface area contributed by atoms with E-state index in [4.69, 9.17) is 4.74 Å². The minimum absolute atomic E-state index is 0.185. The number of ether oxygens (including phenoxy) is 1. The maximum atomic E-state index is 11.5. The number of carbonyl (C=O) groups excluding carboxylic acids is 5. The molecule has 0 heterocycles. The summed E-state index contributed by atoms with van der Waals surface area (Å²) in [7, 11) is 0. The predicted molar refractivity (Wildman–Crippen MR) is 91.9 cm³/mol. The molecule has 5 N–H and O–H groups in total. The zero-order valence-corrected chi connectivity index (χ0v) is 15.5. The van der Waals surface area contributed by atoms with Crippen LogP contribution in [0.2, 0.25) is 0 Å². The Morgan fingerprint density at radius 1 is 0.654 bits per heavy atom. The summed E-state index contributed by atoms with van der Waals surface area (Å²) < 4.78 is 4.95. The Hall–Kier alpha value is -2.85. The standard InChI is InChI=1S/C15H27N5O6/c1-5-16-10(21)6-17-11(22)7-18-12(23)8-19-13(24)9-20-14(25)26-15(2,3)4/h5-9H2,1-4H3,(H,16,21)(H,17,22)(H,18,23)(H,19,24)(H,20,25). The van der Waals surface area contributed by atoms with Crippen LogP contribution in [0.5, 0.6) is 0 Å². The number of rotatable bonds is 9. The van der Waals surface area contributed by atoms with Gasteiger partial charge in [0, 0.05) is 6.54 Å². The molecule has 0 fully saturated rings. The first-order chi connectivity index (χ1) is 12.0. The van der Waals surface area contributed by atoms with Gasteiger partial charge < -0.3 is 31.3 Å². The second-order valence-corrected chi connectivity index (χ2v) is 6.14. The van der Waals surface area contributed by atoms with Crippen molar-refractivity contribution in [1.29, 1.82) is 0 Å². The molecular weight excluding hydrogens is 346 g/mol. The van der Waals surface area contributed by atoms with Crippen LogP contribution in [0, 0.1) is 0 Å². The van der Waals surface area contributed by atoms with Crippen molar-refractivity contribution in [3.8, 4) is 0 Å². The molecule has 0 aliphatic carbocycles. The molecule has 0 rings (SSSR count). The van der Waals surface area contributed by atoms with Crippen molar-refractivity contribution in [2.45, 2.75) is 33.3 Å². The van der Waals surface area contributed by atoms with Crippen LogP contribution in [0.15, 0.2) is 0 Å². The molecule has 11 nitrogen and oxygen atoms in total. The topological polar surface area (TPSA) is 155 Å². The average molecular weight is 373 g/mol. The van der Waals surface area contributed by atoms with E-state index in [2.05, 4.69) is 26.6 Å². The molecule has 0 unspecified atom stereocenters. The zero-order chi connectivity index (χ0) is 20.2. The van der Waals surface area contributed by atoms with Crippen molar-refractivity contribution in [3.63, 3.8) is 0 Å². The maximum Gasteiger partial charge on any atom is 0.408 e. The molecular formula is C15H27N5O6. The van der Waals surface area contributed by atoms with E-state index in [1.807, 2.05) is 0 Å². The van der Waals surface area contributed by atoms with Gasteiger partial charge in [0.25, 0.3) is 0 Å². The fourth-order valence-electron chi connectivity index (χ4n) is 1.45.